The first-order chi connectivity index (χ1) is 7.58. The van der Waals surface area contributed by atoms with E-state index in [1.54, 1.807) is 18.3 Å². The minimum Gasteiger partial charge on any atom is -0.316 e. The standard InChI is InChI=1S/C11H16N2O2S/c1-9-2-3-11(13-6-9)16(14,15)8-10-4-5-12-7-10/h2-3,6,10,12H,4-5,7-8H2,1H3/t10-/m1/s1. The zero-order chi connectivity index (χ0) is 11.6. The molecule has 0 aromatic carbocycles. The molecule has 0 aliphatic carbocycles. The Bertz CT molecular complexity index is 447. The quantitative estimate of drug-likeness (QED) is 0.848. The summed E-state index contributed by atoms with van der Waals surface area (Å²) in [5.74, 6) is 0.434. The van der Waals surface area contributed by atoms with Crippen molar-refractivity contribution in [3.05, 3.63) is 23.9 Å². The van der Waals surface area contributed by atoms with E-state index >= 15 is 0 Å². The van der Waals surface area contributed by atoms with Gasteiger partial charge in [-0.05, 0) is 44.0 Å². The molecule has 1 fully saturated rings. The maximum atomic E-state index is 12.0. The number of pyridine rings is 1. The summed E-state index contributed by atoms with van der Waals surface area (Å²) in [5, 5.41) is 3.37. The average Bonchev–Trinajstić information content (AvgIpc) is 2.70. The second-order valence-electron chi connectivity index (χ2n) is 4.31. The maximum absolute atomic E-state index is 12.0. The Morgan fingerprint density at radius 3 is 2.88 bits per heavy atom. The molecule has 16 heavy (non-hydrogen) atoms. The van der Waals surface area contributed by atoms with Crippen molar-refractivity contribution in [2.45, 2.75) is 18.4 Å². The second kappa shape index (κ2) is 4.51. The number of aromatic nitrogens is 1. The Kier molecular flexibility index (Phi) is 3.25. The van der Waals surface area contributed by atoms with Crippen LogP contribution in [0, 0.1) is 12.8 Å². The van der Waals surface area contributed by atoms with Crippen LogP contribution in [0.4, 0.5) is 0 Å². The highest BCUT2D eigenvalue weighted by Gasteiger charge is 2.24. The molecule has 88 valence electrons. The zero-order valence-electron chi connectivity index (χ0n) is 9.31. The number of rotatable bonds is 3. The van der Waals surface area contributed by atoms with Crippen LogP contribution in [0.2, 0.25) is 0 Å². The van der Waals surface area contributed by atoms with Crippen molar-refractivity contribution in [3.8, 4) is 0 Å². The average molecular weight is 240 g/mol. The van der Waals surface area contributed by atoms with Gasteiger partial charge in [0.1, 0.15) is 0 Å². The number of hydrogen-bond donors (Lipinski definition) is 1. The number of hydrogen-bond acceptors (Lipinski definition) is 4. The molecule has 5 heteroatoms. The van der Waals surface area contributed by atoms with Gasteiger partial charge >= 0.3 is 0 Å². The minimum atomic E-state index is -3.21. The van der Waals surface area contributed by atoms with Gasteiger partial charge in [-0.2, -0.15) is 0 Å². The van der Waals surface area contributed by atoms with Crippen LogP contribution in [0.5, 0.6) is 0 Å². The van der Waals surface area contributed by atoms with Crippen molar-refractivity contribution in [3.63, 3.8) is 0 Å². The third kappa shape index (κ3) is 2.59. The van der Waals surface area contributed by atoms with Gasteiger partial charge in [0.15, 0.2) is 14.9 Å². The highest BCUT2D eigenvalue weighted by Crippen LogP contribution is 2.16. The van der Waals surface area contributed by atoms with Gasteiger partial charge in [-0.25, -0.2) is 13.4 Å². The Balaban J connectivity index is 2.14. The number of aryl methyl sites for hydroxylation is 1. The number of nitrogens with zero attached hydrogens (tertiary/aromatic N) is 1. The molecule has 0 amide bonds. The zero-order valence-corrected chi connectivity index (χ0v) is 10.1. The van der Waals surface area contributed by atoms with Crippen LogP contribution < -0.4 is 5.32 Å². The molecule has 2 heterocycles. The molecule has 1 N–H and O–H groups in total. The number of nitrogens with one attached hydrogen (secondary N) is 1. The van der Waals surface area contributed by atoms with Gasteiger partial charge in [0.2, 0.25) is 0 Å². The Hall–Kier alpha value is -0.940. The highest BCUT2D eigenvalue weighted by atomic mass is 32.2. The topological polar surface area (TPSA) is 59.1 Å². The van der Waals surface area contributed by atoms with E-state index in [4.69, 9.17) is 0 Å². The van der Waals surface area contributed by atoms with Gasteiger partial charge in [-0.1, -0.05) is 6.07 Å². The fraction of sp³-hybridized carbons (Fsp3) is 0.545. The van der Waals surface area contributed by atoms with E-state index in [0.29, 0.717) is 0 Å². The Labute approximate surface area is 96.0 Å². The first-order valence-electron chi connectivity index (χ1n) is 5.44. The van der Waals surface area contributed by atoms with Gasteiger partial charge < -0.3 is 5.32 Å². The molecule has 1 aromatic heterocycles. The lowest BCUT2D eigenvalue weighted by atomic mass is 10.2. The van der Waals surface area contributed by atoms with Crippen LogP contribution in [0.1, 0.15) is 12.0 Å². The van der Waals surface area contributed by atoms with Crippen LogP contribution in [0.3, 0.4) is 0 Å². The van der Waals surface area contributed by atoms with Gasteiger partial charge in [-0.15, -0.1) is 0 Å². The van der Waals surface area contributed by atoms with Crippen molar-refractivity contribution >= 4 is 9.84 Å². The molecule has 0 unspecified atom stereocenters. The van der Waals surface area contributed by atoms with Crippen LogP contribution >= 0.6 is 0 Å². The third-order valence-corrected chi connectivity index (χ3v) is 4.61. The molecule has 0 spiro atoms. The summed E-state index contributed by atoms with van der Waals surface area (Å²) < 4.78 is 24.0. The van der Waals surface area contributed by atoms with Gasteiger partial charge in [0.25, 0.3) is 0 Å². The predicted molar refractivity (Wildman–Crippen MR) is 62.0 cm³/mol. The molecule has 1 saturated heterocycles. The van der Waals surface area contributed by atoms with Crippen LogP contribution in [-0.4, -0.2) is 32.2 Å². The molecule has 1 aliphatic heterocycles. The molecular weight excluding hydrogens is 224 g/mol. The van der Waals surface area contributed by atoms with E-state index in [-0.39, 0.29) is 16.7 Å². The van der Waals surface area contributed by atoms with E-state index in [9.17, 15) is 8.42 Å². The molecule has 0 bridgehead atoms. The second-order valence-corrected chi connectivity index (χ2v) is 6.30. The summed E-state index contributed by atoms with van der Waals surface area (Å²) in [6, 6.07) is 3.37. The molecule has 0 radical (unpaired) electrons. The van der Waals surface area contributed by atoms with Gasteiger partial charge in [-0.3, -0.25) is 0 Å². The lowest BCUT2D eigenvalue weighted by molar-refractivity contribution is 0.567. The Morgan fingerprint density at radius 1 is 1.50 bits per heavy atom. The summed E-state index contributed by atoms with van der Waals surface area (Å²) in [7, 11) is -3.21. The molecule has 1 atom stereocenters. The van der Waals surface area contributed by atoms with Crippen molar-refractivity contribution in [1.29, 1.82) is 0 Å². The van der Waals surface area contributed by atoms with Gasteiger partial charge in [0, 0.05) is 6.20 Å². The number of sulfone groups is 1. The fourth-order valence-corrected chi connectivity index (χ4v) is 3.46. The van der Waals surface area contributed by atoms with E-state index in [1.807, 2.05) is 6.92 Å². The van der Waals surface area contributed by atoms with E-state index in [2.05, 4.69) is 10.3 Å². The third-order valence-electron chi connectivity index (χ3n) is 2.82. The highest BCUT2D eigenvalue weighted by molar-refractivity contribution is 7.91. The molecule has 4 nitrogen and oxygen atoms in total. The molecule has 0 saturated carbocycles. The Morgan fingerprint density at radius 2 is 2.31 bits per heavy atom. The SMILES string of the molecule is Cc1ccc(S(=O)(=O)C[C@@H]2CCNC2)nc1. The lowest BCUT2D eigenvalue weighted by Gasteiger charge is -2.08. The van der Waals surface area contributed by atoms with Gasteiger partial charge in [0.05, 0.1) is 5.75 Å². The normalized spacial score (nSPS) is 21.2. The molecule has 1 aromatic rings. The predicted octanol–water partition coefficient (Wildman–Crippen LogP) is 0.773. The summed E-state index contributed by atoms with van der Waals surface area (Å²) in [4.78, 5) is 3.98. The summed E-state index contributed by atoms with van der Waals surface area (Å²) in [6.07, 6.45) is 2.53. The molecule has 2 rings (SSSR count). The summed E-state index contributed by atoms with van der Waals surface area (Å²) >= 11 is 0. The minimum absolute atomic E-state index is 0.199. The van der Waals surface area contributed by atoms with Crippen molar-refractivity contribution in [1.82, 2.24) is 10.3 Å². The lowest BCUT2D eigenvalue weighted by Crippen LogP contribution is -2.19. The van der Waals surface area contributed by atoms with Crippen molar-refractivity contribution in [2.24, 2.45) is 5.92 Å². The van der Waals surface area contributed by atoms with E-state index in [0.717, 1.165) is 25.1 Å². The van der Waals surface area contributed by atoms with Crippen molar-refractivity contribution in [2.75, 3.05) is 18.8 Å². The molecule has 1 aliphatic rings. The van der Waals surface area contributed by atoms with Crippen LogP contribution in [-0.2, 0) is 9.84 Å². The molecular formula is C11H16N2O2S. The largest absolute Gasteiger partial charge is 0.316 e. The van der Waals surface area contributed by atoms with E-state index in [1.165, 1.54) is 0 Å². The summed E-state index contributed by atoms with van der Waals surface area (Å²) in [5.41, 5.74) is 0.974. The van der Waals surface area contributed by atoms with Crippen LogP contribution in [0.25, 0.3) is 0 Å². The first kappa shape index (κ1) is 11.5. The summed E-state index contributed by atoms with van der Waals surface area (Å²) in [6.45, 7) is 3.61. The van der Waals surface area contributed by atoms with Crippen molar-refractivity contribution < 1.29 is 8.42 Å². The smallest absolute Gasteiger partial charge is 0.195 e. The monoisotopic (exact) mass is 240 g/mol. The maximum Gasteiger partial charge on any atom is 0.195 e. The first-order valence-corrected chi connectivity index (χ1v) is 7.09. The van der Waals surface area contributed by atoms with E-state index < -0.39 is 9.84 Å². The fourth-order valence-electron chi connectivity index (χ4n) is 1.89. The van der Waals surface area contributed by atoms with Crippen LogP contribution in [0.15, 0.2) is 23.4 Å².